The first-order valence-corrected chi connectivity index (χ1v) is 8.13. The van der Waals surface area contributed by atoms with Gasteiger partial charge >= 0.3 is 0 Å². The third kappa shape index (κ3) is 3.11. The molecule has 2 N–H and O–H groups in total. The zero-order chi connectivity index (χ0) is 14.0. The number of amides is 1. The Morgan fingerprint density at radius 2 is 2.05 bits per heavy atom. The van der Waals surface area contributed by atoms with Crippen molar-refractivity contribution < 1.29 is 13.2 Å². The van der Waals surface area contributed by atoms with Crippen molar-refractivity contribution in [1.29, 1.82) is 0 Å². The van der Waals surface area contributed by atoms with Gasteiger partial charge in [0.1, 0.15) is 0 Å². The normalized spacial score (nSPS) is 17.4. The molecule has 2 rings (SSSR count). The molecule has 1 amide bonds. The fourth-order valence-corrected chi connectivity index (χ4v) is 4.87. The zero-order valence-corrected chi connectivity index (χ0v) is 12.4. The van der Waals surface area contributed by atoms with Crippen LogP contribution >= 0.6 is 11.3 Å². The maximum Gasteiger partial charge on any atom is 0.254 e. The number of piperazine rings is 1. The van der Waals surface area contributed by atoms with Crippen LogP contribution in [0.2, 0.25) is 0 Å². The molecule has 7 nitrogen and oxygen atoms in total. The van der Waals surface area contributed by atoms with E-state index in [9.17, 15) is 13.2 Å². The number of nitrogens with one attached hydrogen (secondary N) is 2. The Kier molecular flexibility index (Phi) is 4.19. The number of nitrogens with zero attached hydrogens (tertiary/aromatic N) is 2. The van der Waals surface area contributed by atoms with Crippen LogP contribution in [0.15, 0.2) is 4.21 Å². The molecule has 9 heteroatoms. The molecule has 0 unspecified atom stereocenters. The molecule has 1 aromatic heterocycles. The predicted octanol–water partition coefficient (Wildman–Crippen LogP) is 0.00382. The summed E-state index contributed by atoms with van der Waals surface area (Å²) >= 11 is 0.995. The van der Waals surface area contributed by atoms with Crippen molar-refractivity contribution in [3.8, 4) is 0 Å². The first-order valence-electron chi connectivity index (χ1n) is 5.87. The standard InChI is InChI=1S/C10H16N4O3S2/c1-7-9(18-10(12-7)13-8(2)15)19(16,17)14-5-3-11-4-6-14/h11H,3-6H2,1-2H3,(H,12,13,15). The molecular formula is C10H16N4O3S2. The maximum absolute atomic E-state index is 12.5. The minimum absolute atomic E-state index is 0.207. The Hall–Kier alpha value is -1.03. The number of anilines is 1. The number of thiazole rings is 1. The highest BCUT2D eigenvalue weighted by Gasteiger charge is 2.30. The highest BCUT2D eigenvalue weighted by atomic mass is 32.2. The van der Waals surface area contributed by atoms with E-state index >= 15 is 0 Å². The lowest BCUT2D eigenvalue weighted by atomic mass is 10.4. The van der Waals surface area contributed by atoms with Crippen LogP contribution in [0.25, 0.3) is 0 Å². The summed E-state index contributed by atoms with van der Waals surface area (Å²) in [6, 6.07) is 0. The monoisotopic (exact) mass is 304 g/mol. The van der Waals surface area contributed by atoms with Crippen molar-refractivity contribution in [2.75, 3.05) is 31.5 Å². The lowest BCUT2D eigenvalue weighted by molar-refractivity contribution is -0.114. The Morgan fingerprint density at radius 3 is 2.63 bits per heavy atom. The molecule has 1 aliphatic rings. The number of hydrogen-bond acceptors (Lipinski definition) is 6. The lowest BCUT2D eigenvalue weighted by Gasteiger charge is -2.25. The molecule has 1 fully saturated rings. The van der Waals surface area contributed by atoms with Crippen LogP contribution in [0.5, 0.6) is 0 Å². The number of rotatable bonds is 3. The molecule has 0 saturated carbocycles. The van der Waals surface area contributed by atoms with E-state index in [2.05, 4.69) is 15.6 Å². The van der Waals surface area contributed by atoms with Gasteiger partial charge in [-0.15, -0.1) is 0 Å². The number of carbonyl (C=O) groups excluding carboxylic acids is 1. The van der Waals surface area contributed by atoms with Crippen molar-refractivity contribution in [2.24, 2.45) is 0 Å². The van der Waals surface area contributed by atoms with Gasteiger partial charge in [0.15, 0.2) is 9.34 Å². The van der Waals surface area contributed by atoms with Crippen LogP contribution in [0, 0.1) is 6.92 Å². The van der Waals surface area contributed by atoms with Crippen molar-refractivity contribution in [3.63, 3.8) is 0 Å². The third-order valence-corrected chi connectivity index (χ3v) is 6.25. The molecule has 0 bridgehead atoms. The molecule has 1 saturated heterocycles. The molecule has 0 aliphatic carbocycles. The number of sulfonamides is 1. The fraction of sp³-hybridized carbons (Fsp3) is 0.600. The zero-order valence-electron chi connectivity index (χ0n) is 10.8. The van der Waals surface area contributed by atoms with Gasteiger partial charge in [-0.25, -0.2) is 13.4 Å². The van der Waals surface area contributed by atoms with Gasteiger partial charge in [-0.3, -0.25) is 4.79 Å². The molecule has 0 radical (unpaired) electrons. The average molecular weight is 304 g/mol. The Labute approximate surface area is 116 Å². The third-order valence-electron chi connectivity index (χ3n) is 2.69. The Bertz CT molecular complexity index is 576. The van der Waals surface area contributed by atoms with Gasteiger partial charge < -0.3 is 10.6 Å². The van der Waals surface area contributed by atoms with E-state index in [1.165, 1.54) is 11.2 Å². The summed E-state index contributed by atoms with van der Waals surface area (Å²) in [5.74, 6) is -0.264. The maximum atomic E-state index is 12.5. The van der Waals surface area contributed by atoms with E-state index in [-0.39, 0.29) is 10.1 Å². The minimum Gasteiger partial charge on any atom is -0.314 e. The number of aryl methyl sites for hydroxylation is 1. The predicted molar refractivity (Wildman–Crippen MR) is 72.8 cm³/mol. The quantitative estimate of drug-likeness (QED) is 0.820. The number of carbonyl (C=O) groups is 1. The second-order valence-corrected chi connectivity index (χ2v) is 7.36. The first-order chi connectivity index (χ1) is 8.91. The fourth-order valence-electron chi connectivity index (χ4n) is 1.83. The van der Waals surface area contributed by atoms with Crippen molar-refractivity contribution in [3.05, 3.63) is 5.69 Å². The first kappa shape index (κ1) is 14.4. The second-order valence-electron chi connectivity index (χ2n) is 4.23. The number of hydrogen-bond donors (Lipinski definition) is 2. The molecule has 2 heterocycles. The Balaban J connectivity index is 2.29. The SMILES string of the molecule is CC(=O)Nc1nc(C)c(S(=O)(=O)N2CCNCC2)s1. The number of aromatic nitrogens is 1. The highest BCUT2D eigenvalue weighted by molar-refractivity contribution is 7.91. The summed E-state index contributed by atoms with van der Waals surface area (Å²) < 4.78 is 26.6. The van der Waals surface area contributed by atoms with Gasteiger partial charge in [0.05, 0.1) is 5.69 Å². The topological polar surface area (TPSA) is 91.4 Å². The van der Waals surface area contributed by atoms with Crippen LogP contribution in [0.1, 0.15) is 12.6 Å². The summed E-state index contributed by atoms with van der Waals surface area (Å²) in [5, 5.41) is 5.94. The summed E-state index contributed by atoms with van der Waals surface area (Å²) in [4.78, 5) is 15.0. The average Bonchev–Trinajstić information content (AvgIpc) is 2.71. The van der Waals surface area contributed by atoms with E-state index in [1.54, 1.807) is 6.92 Å². The van der Waals surface area contributed by atoms with Gasteiger partial charge in [-0.2, -0.15) is 4.31 Å². The van der Waals surface area contributed by atoms with Crippen LogP contribution < -0.4 is 10.6 Å². The van der Waals surface area contributed by atoms with Crippen LogP contribution in [-0.2, 0) is 14.8 Å². The minimum atomic E-state index is -3.51. The van der Waals surface area contributed by atoms with Gasteiger partial charge in [0.2, 0.25) is 5.91 Å². The van der Waals surface area contributed by atoms with Crippen LogP contribution in [-0.4, -0.2) is 49.8 Å². The molecule has 1 aliphatic heterocycles. The van der Waals surface area contributed by atoms with E-state index in [0.717, 1.165) is 11.3 Å². The molecular weight excluding hydrogens is 288 g/mol. The molecule has 0 atom stereocenters. The molecule has 19 heavy (non-hydrogen) atoms. The van der Waals surface area contributed by atoms with Crippen molar-refractivity contribution >= 4 is 32.4 Å². The summed E-state index contributed by atoms with van der Waals surface area (Å²) in [6.07, 6.45) is 0. The summed E-state index contributed by atoms with van der Waals surface area (Å²) in [7, 11) is -3.51. The second kappa shape index (κ2) is 5.53. The van der Waals surface area contributed by atoms with Crippen molar-refractivity contribution in [2.45, 2.75) is 18.1 Å². The molecule has 0 aromatic carbocycles. The van der Waals surface area contributed by atoms with Gasteiger partial charge in [-0.05, 0) is 6.92 Å². The van der Waals surface area contributed by atoms with Crippen LogP contribution in [0.3, 0.4) is 0 Å². The highest BCUT2D eigenvalue weighted by Crippen LogP contribution is 2.29. The lowest BCUT2D eigenvalue weighted by Crippen LogP contribution is -2.46. The molecule has 106 valence electrons. The van der Waals surface area contributed by atoms with Gasteiger partial charge in [0, 0.05) is 33.1 Å². The van der Waals surface area contributed by atoms with E-state index in [4.69, 9.17) is 0 Å². The van der Waals surface area contributed by atoms with Crippen molar-refractivity contribution in [1.82, 2.24) is 14.6 Å². The molecule has 0 spiro atoms. The van der Waals surface area contributed by atoms with E-state index < -0.39 is 10.0 Å². The van der Waals surface area contributed by atoms with Gasteiger partial charge in [0.25, 0.3) is 10.0 Å². The summed E-state index contributed by atoms with van der Waals surface area (Å²) in [6.45, 7) is 5.20. The van der Waals surface area contributed by atoms with Gasteiger partial charge in [-0.1, -0.05) is 11.3 Å². The Morgan fingerprint density at radius 1 is 1.42 bits per heavy atom. The smallest absolute Gasteiger partial charge is 0.254 e. The van der Waals surface area contributed by atoms with E-state index in [0.29, 0.717) is 37.0 Å². The largest absolute Gasteiger partial charge is 0.314 e. The molecule has 1 aromatic rings. The summed E-state index contributed by atoms with van der Waals surface area (Å²) in [5.41, 5.74) is 0.423. The van der Waals surface area contributed by atoms with Crippen LogP contribution in [0.4, 0.5) is 5.13 Å². The van der Waals surface area contributed by atoms with E-state index in [1.807, 2.05) is 0 Å².